The van der Waals surface area contributed by atoms with Crippen LogP contribution in [-0.4, -0.2) is 15.3 Å². The summed E-state index contributed by atoms with van der Waals surface area (Å²) in [6.45, 7) is 2.56. The highest BCUT2D eigenvalue weighted by atomic mass is 79.9. The highest BCUT2D eigenvalue weighted by Gasteiger charge is 2.11. The molecular formula is C10H15BrN2O. The maximum Gasteiger partial charge on any atom is 0.234 e. The lowest BCUT2D eigenvalue weighted by atomic mass is 10.3. The first-order chi connectivity index (χ1) is 6.65. The summed E-state index contributed by atoms with van der Waals surface area (Å²) >= 11 is 3.31. The molecule has 3 nitrogen and oxygen atoms in total. The van der Waals surface area contributed by atoms with Crippen molar-refractivity contribution in [1.82, 2.24) is 9.88 Å². The van der Waals surface area contributed by atoms with Crippen molar-refractivity contribution in [2.24, 2.45) is 7.05 Å². The van der Waals surface area contributed by atoms with Gasteiger partial charge in [-0.1, -0.05) is 22.9 Å². The number of aromatic nitrogens is 1. The summed E-state index contributed by atoms with van der Waals surface area (Å²) in [5.74, 6) is 0.0497. The maximum atomic E-state index is 11.4. The van der Waals surface area contributed by atoms with E-state index in [4.69, 9.17) is 0 Å². The van der Waals surface area contributed by atoms with Crippen LogP contribution in [0, 0.1) is 0 Å². The van der Waals surface area contributed by atoms with Gasteiger partial charge >= 0.3 is 0 Å². The van der Waals surface area contributed by atoms with Gasteiger partial charge in [0.2, 0.25) is 5.91 Å². The number of hydrogen-bond acceptors (Lipinski definition) is 1. The number of carbonyl (C=O) groups excluding carboxylic acids is 1. The van der Waals surface area contributed by atoms with Gasteiger partial charge in [0.1, 0.15) is 0 Å². The molecule has 0 aliphatic carbocycles. The van der Waals surface area contributed by atoms with Gasteiger partial charge in [0.05, 0.1) is 11.4 Å². The number of carbonyl (C=O) groups is 1. The third-order valence-corrected chi connectivity index (χ3v) is 3.20. The van der Waals surface area contributed by atoms with Crippen molar-refractivity contribution in [3.05, 3.63) is 24.0 Å². The van der Waals surface area contributed by atoms with E-state index in [2.05, 4.69) is 21.2 Å². The lowest BCUT2D eigenvalue weighted by Crippen LogP contribution is -2.30. The Balaban J connectivity index is 2.41. The Kier molecular flexibility index (Phi) is 4.20. The molecule has 0 radical (unpaired) electrons. The minimum absolute atomic E-state index is 0.0497. The van der Waals surface area contributed by atoms with Crippen molar-refractivity contribution in [2.75, 3.05) is 0 Å². The van der Waals surface area contributed by atoms with Crippen molar-refractivity contribution in [1.29, 1.82) is 0 Å². The Hall–Kier alpha value is -0.770. The molecule has 1 N–H and O–H groups in total. The summed E-state index contributed by atoms with van der Waals surface area (Å²) < 4.78 is 2.00. The van der Waals surface area contributed by atoms with E-state index in [1.165, 1.54) is 0 Å². The van der Waals surface area contributed by atoms with Crippen LogP contribution in [0.25, 0.3) is 0 Å². The maximum absolute atomic E-state index is 11.4. The van der Waals surface area contributed by atoms with Crippen LogP contribution in [0.3, 0.4) is 0 Å². The number of halogens is 1. The van der Waals surface area contributed by atoms with Gasteiger partial charge in [-0.15, -0.1) is 0 Å². The topological polar surface area (TPSA) is 34.0 Å². The minimum atomic E-state index is -0.0808. The van der Waals surface area contributed by atoms with E-state index < -0.39 is 0 Å². The van der Waals surface area contributed by atoms with Crippen LogP contribution in [0.1, 0.15) is 19.0 Å². The second kappa shape index (κ2) is 5.20. The van der Waals surface area contributed by atoms with Gasteiger partial charge in [-0.25, -0.2) is 0 Å². The molecule has 1 amide bonds. The summed E-state index contributed by atoms with van der Waals surface area (Å²) in [4.78, 5) is 11.3. The highest BCUT2D eigenvalue weighted by molar-refractivity contribution is 9.10. The second-order valence-electron chi connectivity index (χ2n) is 3.20. The number of alkyl halides is 1. The number of rotatable bonds is 4. The Morgan fingerprint density at radius 3 is 2.93 bits per heavy atom. The zero-order valence-corrected chi connectivity index (χ0v) is 10.0. The van der Waals surface area contributed by atoms with Crippen molar-refractivity contribution in [2.45, 2.75) is 24.7 Å². The van der Waals surface area contributed by atoms with Crippen LogP contribution in [-0.2, 0) is 18.4 Å². The summed E-state index contributed by atoms with van der Waals surface area (Å²) in [5.41, 5.74) is 1.11. The number of nitrogens with one attached hydrogen (secondary N) is 1. The third kappa shape index (κ3) is 2.87. The van der Waals surface area contributed by atoms with E-state index in [1.54, 1.807) is 0 Å². The van der Waals surface area contributed by atoms with Crippen LogP contribution in [0.2, 0.25) is 0 Å². The van der Waals surface area contributed by atoms with Crippen molar-refractivity contribution in [3.8, 4) is 0 Å². The zero-order valence-electron chi connectivity index (χ0n) is 8.46. The largest absolute Gasteiger partial charge is 0.353 e. The number of hydrogen-bond donors (Lipinski definition) is 1. The molecule has 1 aromatic rings. The molecule has 14 heavy (non-hydrogen) atoms. The molecule has 4 heteroatoms. The smallest absolute Gasteiger partial charge is 0.234 e. The van der Waals surface area contributed by atoms with Gasteiger partial charge in [0, 0.05) is 18.9 Å². The van der Waals surface area contributed by atoms with Crippen LogP contribution < -0.4 is 5.32 Å². The standard InChI is InChI=1S/C10H15BrN2O/c1-3-9(11)10(14)12-7-8-5-4-6-13(8)2/h4-6,9H,3,7H2,1-2H3,(H,12,14). The monoisotopic (exact) mass is 258 g/mol. The molecule has 78 valence electrons. The normalized spacial score (nSPS) is 12.5. The Morgan fingerprint density at radius 1 is 1.71 bits per heavy atom. The van der Waals surface area contributed by atoms with E-state index in [0.717, 1.165) is 12.1 Å². The Bertz CT molecular complexity index is 309. The van der Waals surface area contributed by atoms with Gasteiger partial charge in [0.15, 0.2) is 0 Å². The predicted octanol–water partition coefficient (Wildman–Crippen LogP) is 1.81. The van der Waals surface area contributed by atoms with Crippen molar-refractivity contribution in [3.63, 3.8) is 0 Å². The predicted molar refractivity (Wildman–Crippen MR) is 60.3 cm³/mol. The Labute approximate surface area is 92.6 Å². The Morgan fingerprint density at radius 2 is 2.43 bits per heavy atom. The molecule has 0 spiro atoms. The fraction of sp³-hybridized carbons (Fsp3) is 0.500. The second-order valence-corrected chi connectivity index (χ2v) is 4.31. The molecule has 0 fully saturated rings. The van der Waals surface area contributed by atoms with E-state index in [-0.39, 0.29) is 10.7 Å². The lowest BCUT2D eigenvalue weighted by molar-refractivity contribution is -0.120. The van der Waals surface area contributed by atoms with Crippen LogP contribution in [0.5, 0.6) is 0 Å². The summed E-state index contributed by atoms with van der Waals surface area (Å²) in [6, 6.07) is 3.96. The molecule has 0 saturated carbocycles. The van der Waals surface area contributed by atoms with Crippen LogP contribution in [0.4, 0.5) is 0 Å². The fourth-order valence-electron chi connectivity index (χ4n) is 1.15. The average molecular weight is 259 g/mol. The molecule has 1 unspecified atom stereocenters. The summed E-state index contributed by atoms with van der Waals surface area (Å²) in [5, 5.41) is 2.87. The van der Waals surface area contributed by atoms with Gasteiger partial charge in [-0.2, -0.15) is 0 Å². The van der Waals surface area contributed by atoms with Gasteiger partial charge in [0.25, 0.3) is 0 Å². The first-order valence-corrected chi connectivity index (χ1v) is 5.58. The number of amides is 1. The van der Waals surface area contributed by atoms with E-state index in [9.17, 15) is 4.79 Å². The molecule has 0 saturated heterocycles. The SMILES string of the molecule is CCC(Br)C(=O)NCc1cccn1C. The molecule has 1 atom stereocenters. The molecule has 0 aliphatic heterocycles. The van der Waals surface area contributed by atoms with E-state index >= 15 is 0 Å². The van der Waals surface area contributed by atoms with Crippen molar-refractivity contribution >= 4 is 21.8 Å². The van der Waals surface area contributed by atoms with Gasteiger partial charge in [-0.3, -0.25) is 4.79 Å². The highest BCUT2D eigenvalue weighted by Crippen LogP contribution is 2.05. The molecule has 1 heterocycles. The quantitative estimate of drug-likeness (QED) is 0.822. The van der Waals surface area contributed by atoms with Gasteiger partial charge < -0.3 is 9.88 Å². The summed E-state index contributed by atoms with van der Waals surface area (Å²) in [7, 11) is 1.97. The first kappa shape index (κ1) is 11.3. The summed E-state index contributed by atoms with van der Waals surface area (Å²) in [6.07, 6.45) is 2.77. The first-order valence-electron chi connectivity index (χ1n) is 4.67. The molecule has 0 bridgehead atoms. The number of aryl methyl sites for hydroxylation is 1. The van der Waals surface area contributed by atoms with E-state index in [0.29, 0.717) is 6.54 Å². The molecule has 0 aliphatic rings. The molecular weight excluding hydrogens is 244 g/mol. The fourth-order valence-corrected chi connectivity index (χ4v) is 1.32. The van der Waals surface area contributed by atoms with Crippen LogP contribution in [0.15, 0.2) is 18.3 Å². The lowest BCUT2D eigenvalue weighted by Gasteiger charge is -2.09. The average Bonchev–Trinajstić information content (AvgIpc) is 2.59. The van der Waals surface area contributed by atoms with E-state index in [1.807, 2.05) is 36.9 Å². The molecule has 0 aromatic carbocycles. The van der Waals surface area contributed by atoms with Crippen LogP contribution >= 0.6 is 15.9 Å². The molecule has 1 aromatic heterocycles. The van der Waals surface area contributed by atoms with Gasteiger partial charge in [-0.05, 0) is 18.6 Å². The molecule has 1 rings (SSSR count). The number of nitrogens with zero attached hydrogens (tertiary/aromatic N) is 1. The minimum Gasteiger partial charge on any atom is -0.353 e. The zero-order chi connectivity index (χ0) is 10.6. The third-order valence-electron chi connectivity index (χ3n) is 2.14. The van der Waals surface area contributed by atoms with Crippen molar-refractivity contribution < 1.29 is 4.79 Å².